The standard InChI is InChI=1S/C10H21N/c1-4-9-6-10(9)8(3)7-11-5-2/h8-11H,4-7H2,1-3H3. The summed E-state index contributed by atoms with van der Waals surface area (Å²) in [4.78, 5) is 0. The molecule has 0 aromatic heterocycles. The molecule has 0 saturated heterocycles. The van der Waals surface area contributed by atoms with Crippen molar-refractivity contribution in [1.29, 1.82) is 0 Å². The molecule has 0 heterocycles. The predicted octanol–water partition coefficient (Wildman–Crippen LogP) is 2.28. The van der Waals surface area contributed by atoms with E-state index in [1.165, 1.54) is 19.4 Å². The Morgan fingerprint density at radius 2 is 2.18 bits per heavy atom. The van der Waals surface area contributed by atoms with Crippen LogP contribution in [0.4, 0.5) is 0 Å². The van der Waals surface area contributed by atoms with Crippen molar-refractivity contribution in [3.8, 4) is 0 Å². The predicted molar refractivity (Wildman–Crippen MR) is 49.6 cm³/mol. The maximum Gasteiger partial charge on any atom is -0.00205 e. The number of hydrogen-bond acceptors (Lipinski definition) is 1. The molecule has 0 amide bonds. The second-order valence-corrected chi connectivity index (χ2v) is 3.85. The van der Waals surface area contributed by atoms with E-state index in [-0.39, 0.29) is 0 Å². The summed E-state index contributed by atoms with van der Waals surface area (Å²) in [5, 5.41) is 3.41. The van der Waals surface area contributed by atoms with Crippen LogP contribution in [0.15, 0.2) is 0 Å². The van der Waals surface area contributed by atoms with Gasteiger partial charge in [0, 0.05) is 0 Å². The summed E-state index contributed by atoms with van der Waals surface area (Å²) in [6.45, 7) is 9.20. The topological polar surface area (TPSA) is 12.0 Å². The van der Waals surface area contributed by atoms with Crippen molar-refractivity contribution in [2.75, 3.05) is 13.1 Å². The van der Waals surface area contributed by atoms with E-state index in [0.717, 1.165) is 24.3 Å². The molecule has 1 fully saturated rings. The van der Waals surface area contributed by atoms with Gasteiger partial charge in [-0.15, -0.1) is 0 Å². The van der Waals surface area contributed by atoms with Crippen molar-refractivity contribution in [3.05, 3.63) is 0 Å². The monoisotopic (exact) mass is 155 g/mol. The molecule has 1 rings (SSSR count). The summed E-state index contributed by atoms with van der Waals surface area (Å²) < 4.78 is 0. The molecule has 1 aliphatic carbocycles. The number of rotatable bonds is 5. The molecule has 11 heavy (non-hydrogen) atoms. The second-order valence-electron chi connectivity index (χ2n) is 3.85. The van der Waals surface area contributed by atoms with E-state index in [2.05, 4.69) is 26.1 Å². The molecule has 0 aromatic rings. The summed E-state index contributed by atoms with van der Waals surface area (Å²) >= 11 is 0. The van der Waals surface area contributed by atoms with Gasteiger partial charge in [-0.25, -0.2) is 0 Å². The fraction of sp³-hybridized carbons (Fsp3) is 1.00. The van der Waals surface area contributed by atoms with Crippen LogP contribution >= 0.6 is 0 Å². The van der Waals surface area contributed by atoms with Gasteiger partial charge < -0.3 is 5.32 Å². The Kier molecular flexibility index (Phi) is 3.38. The molecule has 1 N–H and O–H groups in total. The Balaban J connectivity index is 2.07. The Hall–Kier alpha value is -0.0400. The highest BCUT2D eigenvalue weighted by atomic mass is 14.8. The van der Waals surface area contributed by atoms with Crippen LogP contribution in [0, 0.1) is 17.8 Å². The molecule has 1 saturated carbocycles. The first-order valence-electron chi connectivity index (χ1n) is 5.00. The maximum atomic E-state index is 3.41. The van der Waals surface area contributed by atoms with Crippen LogP contribution in [0.25, 0.3) is 0 Å². The summed E-state index contributed by atoms with van der Waals surface area (Å²) in [7, 11) is 0. The van der Waals surface area contributed by atoms with E-state index in [4.69, 9.17) is 0 Å². The largest absolute Gasteiger partial charge is 0.317 e. The van der Waals surface area contributed by atoms with Crippen LogP contribution in [0.2, 0.25) is 0 Å². The summed E-state index contributed by atoms with van der Waals surface area (Å²) in [6, 6.07) is 0. The summed E-state index contributed by atoms with van der Waals surface area (Å²) in [6.07, 6.45) is 2.88. The normalized spacial score (nSPS) is 31.9. The number of hydrogen-bond donors (Lipinski definition) is 1. The Bertz CT molecular complexity index is 111. The number of nitrogens with one attached hydrogen (secondary N) is 1. The molecule has 1 aliphatic rings. The maximum absolute atomic E-state index is 3.41. The molecular weight excluding hydrogens is 134 g/mol. The van der Waals surface area contributed by atoms with Crippen molar-refractivity contribution in [2.45, 2.75) is 33.6 Å². The van der Waals surface area contributed by atoms with Crippen LogP contribution in [0.3, 0.4) is 0 Å². The quantitative estimate of drug-likeness (QED) is 0.642. The van der Waals surface area contributed by atoms with Crippen LogP contribution in [-0.4, -0.2) is 13.1 Å². The van der Waals surface area contributed by atoms with Crippen LogP contribution < -0.4 is 5.32 Å². The van der Waals surface area contributed by atoms with E-state index in [0.29, 0.717) is 0 Å². The lowest BCUT2D eigenvalue weighted by Crippen LogP contribution is -2.22. The van der Waals surface area contributed by atoms with Gasteiger partial charge in [-0.3, -0.25) is 0 Å². The molecule has 1 heteroatoms. The van der Waals surface area contributed by atoms with E-state index >= 15 is 0 Å². The lowest BCUT2D eigenvalue weighted by molar-refractivity contribution is 0.440. The van der Waals surface area contributed by atoms with E-state index in [1.54, 1.807) is 0 Å². The van der Waals surface area contributed by atoms with Crippen molar-refractivity contribution >= 4 is 0 Å². The van der Waals surface area contributed by atoms with Crippen molar-refractivity contribution in [1.82, 2.24) is 5.32 Å². The fourth-order valence-electron chi connectivity index (χ4n) is 1.96. The first-order valence-corrected chi connectivity index (χ1v) is 5.00. The van der Waals surface area contributed by atoms with Crippen LogP contribution in [0.1, 0.15) is 33.6 Å². The fourth-order valence-corrected chi connectivity index (χ4v) is 1.96. The van der Waals surface area contributed by atoms with Gasteiger partial charge in [0.15, 0.2) is 0 Å². The molecular formula is C10H21N. The molecule has 0 bridgehead atoms. The van der Waals surface area contributed by atoms with E-state index in [1.807, 2.05) is 0 Å². The molecule has 0 aliphatic heterocycles. The molecule has 1 nitrogen and oxygen atoms in total. The zero-order valence-corrected chi connectivity index (χ0v) is 8.06. The van der Waals surface area contributed by atoms with Gasteiger partial charge in [0.1, 0.15) is 0 Å². The Morgan fingerprint density at radius 1 is 1.45 bits per heavy atom. The third kappa shape index (κ3) is 2.48. The van der Waals surface area contributed by atoms with Gasteiger partial charge in [0.25, 0.3) is 0 Å². The molecule has 0 radical (unpaired) electrons. The molecule has 3 atom stereocenters. The highest BCUT2D eigenvalue weighted by molar-refractivity contribution is 4.89. The van der Waals surface area contributed by atoms with Crippen molar-refractivity contribution in [3.63, 3.8) is 0 Å². The van der Waals surface area contributed by atoms with E-state index in [9.17, 15) is 0 Å². The van der Waals surface area contributed by atoms with Gasteiger partial charge in [-0.05, 0) is 37.3 Å². The molecule has 0 spiro atoms. The minimum absolute atomic E-state index is 0.903. The molecule has 0 aromatic carbocycles. The zero-order chi connectivity index (χ0) is 8.27. The summed E-state index contributed by atoms with van der Waals surface area (Å²) in [5.74, 6) is 3.00. The van der Waals surface area contributed by atoms with Gasteiger partial charge in [-0.1, -0.05) is 27.2 Å². The zero-order valence-electron chi connectivity index (χ0n) is 8.06. The summed E-state index contributed by atoms with van der Waals surface area (Å²) in [5.41, 5.74) is 0. The smallest absolute Gasteiger partial charge is 0.00205 e. The third-order valence-corrected chi connectivity index (χ3v) is 2.95. The second kappa shape index (κ2) is 4.10. The highest BCUT2D eigenvalue weighted by Gasteiger charge is 2.38. The lowest BCUT2D eigenvalue weighted by atomic mass is 10.0. The minimum atomic E-state index is 0.903. The van der Waals surface area contributed by atoms with Gasteiger partial charge in [-0.2, -0.15) is 0 Å². The van der Waals surface area contributed by atoms with Gasteiger partial charge in [0.2, 0.25) is 0 Å². The van der Waals surface area contributed by atoms with Crippen molar-refractivity contribution in [2.24, 2.45) is 17.8 Å². The van der Waals surface area contributed by atoms with Crippen LogP contribution in [0.5, 0.6) is 0 Å². The van der Waals surface area contributed by atoms with E-state index < -0.39 is 0 Å². The van der Waals surface area contributed by atoms with Crippen molar-refractivity contribution < 1.29 is 0 Å². The molecule has 3 unspecified atom stereocenters. The molecule has 66 valence electrons. The SMILES string of the molecule is CCNCC(C)C1CC1CC. The lowest BCUT2D eigenvalue weighted by Gasteiger charge is -2.10. The average molecular weight is 155 g/mol. The minimum Gasteiger partial charge on any atom is -0.317 e. The Morgan fingerprint density at radius 3 is 2.64 bits per heavy atom. The average Bonchev–Trinajstić information content (AvgIpc) is 2.78. The van der Waals surface area contributed by atoms with Gasteiger partial charge in [0.05, 0.1) is 0 Å². The van der Waals surface area contributed by atoms with Crippen LogP contribution in [-0.2, 0) is 0 Å². The third-order valence-electron chi connectivity index (χ3n) is 2.95. The first-order chi connectivity index (χ1) is 5.29. The Labute approximate surface area is 70.6 Å². The highest BCUT2D eigenvalue weighted by Crippen LogP contribution is 2.45. The van der Waals surface area contributed by atoms with Gasteiger partial charge >= 0.3 is 0 Å². The first kappa shape index (κ1) is 9.05.